The van der Waals surface area contributed by atoms with Gasteiger partial charge in [-0.25, -0.2) is 8.42 Å². The second-order valence-electron chi connectivity index (χ2n) is 8.81. The van der Waals surface area contributed by atoms with Crippen LogP contribution in [-0.2, 0) is 14.8 Å². The predicted octanol–water partition coefficient (Wildman–Crippen LogP) is 5.80. The van der Waals surface area contributed by atoms with E-state index in [0.717, 1.165) is 32.2 Å². The third-order valence-electron chi connectivity index (χ3n) is 6.14. The van der Waals surface area contributed by atoms with Crippen LogP contribution in [0.5, 0.6) is 0 Å². The molecule has 7 heteroatoms. The second kappa shape index (κ2) is 10.3. The van der Waals surface area contributed by atoms with Crippen LogP contribution in [0.25, 0.3) is 0 Å². The first-order valence-corrected chi connectivity index (χ1v) is 13.7. The van der Waals surface area contributed by atoms with Gasteiger partial charge >= 0.3 is 0 Å². The van der Waals surface area contributed by atoms with Crippen LogP contribution in [0.1, 0.15) is 29.5 Å². The van der Waals surface area contributed by atoms with Crippen LogP contribution in [0.2, 0.25) is 0 Å². The van der Waals surface area contributed by atoms with Gasteiger partial charge in [-0.05, 0) is 69.0 Å². The van der Waals surface area contributed by atoms with Crippen LogP contribution in [0, 0.1) is 26.7 Å². The first-order valence-electron chi connectivity index (χ1n) is 11.5. The Morgan fingerprint density at radius 1 is 0.912 bits per heavy atom. The molecule has 1 N–H and O–H groups in total. The van der Waals surface area contributed by atoms with Gasteiger partial charge < -0.3 is 5.32 Å². The molecule has 1 fully saturated rings. The third-order valence-corrected chi connectivity index (χ3v) is 9.43. The summed E-state index contributed by atoms with van der Waals surface area (Å²) in [5, 5.41) is 3.08. The fourth-order valence-electron chi connectivity index (χ4n) is 4.57. The van der Waals surface area contributed by atoms with Gasteiger partial charge in [0.05, 0.1) is 10.6 Å². The van der Waals surface area contributed by atoms with Crippen molar-refractivity contribution in [1.82, 2.24) is 4.31 Å². The lowest BCUT2D eigenvalue weighted by atomic mass is 9.97. The number of aryl methyl sites for hydroxylation is 3. The van der Waals surface area contributed by atoms with Gasteiger partial charge in [-0.15, -0.1) is 0 Å². The molecule has 178 valence electrons. The lowest BCUT2D eigenvalue weighted by Gasteiger charge is -2.31. The number of hydrogen-bond donors (Lipinski definition) is 1. The van der Waals surface area contributed by atoms with Crippen LogP contribution in [0.3, 0.4) is 0 Å². The quantitative estimate of drug-likeness (QED) is 0.470. The van der Waals surface area contributed by atoms with Gasteiger partial charge in [-0.2, -0.15) is 4.31 Å². The molecule has 3 aromatic carbocycles. The van der Waals surface area contributed by atoms with E-state index in [0.29, 0.717) is 30.8 Å². The maximum atomic E-state index is 13.3. The van der Waals surface area contributed by atoms with Crippen molar-refractivity contribution < 1.29 is 13.2 Å². The second-order valence-corrected chi connectivity index (χ2v) is 11.8. The molecule has 0 radical (unpaired) electrons. The molecule has 0 spiro atoms. The van der Waals surface area contributed by atoms with Crippen molar-refractivity contribution in [3.05, 3.63) is 83.4 Å². The number of nitrogens with zero attached hydrogens (tertiary/aromatic N) is 1. The molecule has 4 rings (SSSR count). The lowest BCUT2D eigenvalue weighted by Crippen LogP contribution is -2.41. The summed E-state index contributed by atoms with van der Waals surface area (Å²) in [5.74, 6) is -0.276. The Morgan fingerprint density at radius 2 is 1.50 bits per heavy atom. The van der Waals surface area contributed by atoms with Gasteiger partial charge in [0.25, 0.3) is 0 Å². The van der Waals surface area contributed by atoms with Gasteiger partial charge in [0.1, 0.15) is 0 Å². The van der Waals surface area contributed by atoms with Gasteiger partial charge in [-0.3, -0.25) is 4.79 Å². The summed E-state index contributed by atoms with van der Waals surface area (Å²) in [4.78, 5) is 15.5. The molecule has 1 heterocycles. The number of sulfonamides is 1. The van der Waals surface area contributed by atoms with E-state index in [4.69, 9.17) is 0 Å². The van der Waals surface area contributed by atoms with Crippen molar-refractivity contribution in [3.63, 3.8) is 0 Å². The molecule has 5 nitrogen and oxygen atoms in total. The number of para-hydroxylation sites is 1. The maximum absolute atomic E-state index is 13.3. The van der Waals surface area contributed by atoms with Gasteiger partial charge in [0, 0.05) is 28.8 Å². The summed E-state index contributed by atoms with van der Waals surface area (Å²) < 4.78 is 28.2. The average molecular weight is 495 g/mol. The Kier molecular flexibility index (Phi) is 7.45. The highest BCUT2D eigenvalue weighted by atomic mass is 32.2. The van der Waals surface area contributed by atoms with Crippen molar-refractivity contribution in [1.29, 1.82) is 0 Å². The highest BCUT2D eigenvalue weighted by Gasteiger charge is 2.33. The molecule has 1 saturated heterocycles. The number of hydrogen-bond acceptors (Lipinski definition) is 4. The molecule has 3 aromatic rings. The Morgan fingerprint density at radius 3 is 2.15 bits per heavy atom. The highest BCUT2D eigenvalue weighted by Crippen LogP contribution is 2.34. The van der Waals surface area contributed by atoms with E-state index in [2.05, 4.69) is 5.32 Å². The minimum Gasteiger partial charge on any atom is -0.325 e. The SMILES string of the molecule is Cc1cc(C)c(S(=O)(=O)N2CCC(C(=O)Nc3ccccc3Sc3ccccc3)CC2)c(C)c1. The molecule has 0 unspecified atom stereocenters. The molecular formula is C27H30N2O3S2. The molecule has 1 amide bonds. The number of rotatable bonds is 6. The van der Waals surface area contributed by atoms with Crippen molar-refractivity contribution >= 4 is 33.4 Å². The Bertz CT molecular complexity index is 1260. The first-order chi connectivity index (χ1) is 16.3. The maximum Gasteiger partial charge on any atom is 0.243 e. The molecule has 1 aliphatic rings. The number of nitrogens with one attached hydrogen (secondary N) is 1. The van der Waals surface area contributed by atoms with Gasteiger partial charge in [0.15, 0.2) is 0 Å². The summed E-state index contributed by atoms with van der Waals surface area (Å²) in [7, 11) is -3.59. The standard InChI is InChI=1S/C27H30N2O3S2/c1-19-17-20(2)26(21(3)18-19)34(31,32)29-15-13-22(14-16-29)27(30)28-24-11-7-8-12-25(24)33-23-9-5-4-6-10-23/h4-12,17-18,22H,13-16H2,1-3H3,(H,28,30). The van der Waals surface area contributed by atoms with E-state index in [1.54, 1.807) is 11.8 Å². The van der Waals surface area contributed by atoms with E-state index in [1.165, 1.54) is 4.31 Å². The van der Waals surface area contributed by atoms with E-state index in [1.807, 2.05) is 87.5 Å². The Balaban J connectivity index is 1.42. The number of carbonyl (C=O) groups excluding carboxylic acids is 1. The molecule has 1 aliphatic heterocycles. The van der Waals surface area contributed by atoms with Crippen LogP contribution in [0.15, 0.2) is 81.4 Å². The normalized spacial score (nSPS) is 15.3. The molecule has 0 atom stereocenters. The van der Waals surface area contributed by atoms with Gasteiger partial charge in [0.2, 0.25) is 15.9 Å². The van der Waals surface area contributed by atoms with Crippen molar-refractivity contribution in [2.75, 3.05) is 18.4 Å². The number of benzene rings is 3. The highest BCUT2D eigenvalue weighted by molar-refractivity contribution is 7.99. The van der Waals surface area contributed by atoms with E-state index >= 15 is 0 Å². The topological polar surface area (TPSA) is 66.5 Å². The van der Waals surface area contributed by atoms with E-state index in [-0.39, 0.29) is 11.8 Å². The largest absolute Gasteiger partial charge is 0.325 e. The first kappa shape index (κ1) is 24.5. The smallest absolute Gasteiger partial charge is 0.243 e. The third kappa shape index (κ3) is 5.37. The molecule has 34 heavy (non-hydrogen) atoms. The van der Waals surface area contributed by atoms with E-state index < -0.39 is 10.0 Å². The van der Waals surface area contributed by atoms with Gasteiger partial charge in [-0.1, -0.05) is 59.8 Å². The molecule has 0 saturated carbocycles. The number of anilines is 1. The fourth-order valence-corrected chi connectivity index (χ4v) is 7.37. The van der Waals surface area contributed by atoms with Crippen LogP contribution >= 0.6 is 11.8 Å². The summed E-state index contributed by atoms with van der Waals surface area (Å²) >= 11 is 1.61. The summed E-state index contributed by atoms with van der Waals surface area (Å²) in [6.45, 7) is 6.34. The Hall–Kier alpha value is -2.61. The zero-order chi connectivity index (χ0) is 24.3. The zero-order valence-electron chi connectivity index (χ0n) is 19.7. The minimum absolute atomic E-state index is 0.0548. The Labute approximate surface area is 206 Å². The lowest BCUT2D eigenvalue weighted by molar-refractivity contribution is -0.120. The predicted molar refractivity (Wildman–Crippen MR) is 138 cm³/mol. The molecular weight excluding hydrogens is 464 g/mol. The number of piperidine rings is 1. The minimum atomic E-state index is -3.59. The summed E-state index contributed by atoms with van der Waals surface area (Å²) in [6, 6.07) is 21.6. The number of amides is 1. The van der Waals surface area contributed by atoms with Crippen molar-refractivity contribution in [3.8, 4) is 0 Å². The molecule has 0 aliphatic carbocycles. The van der Waals surface area contributed by atoms with Crippen LogP contribution in [-0.4, -0.2) is 31.7 Å². The zero-order valence-corrected chi connectivity index (χ0v) is 21.4. The van der Waals surface area contributed by atoms with Crippen molar-refractivity contribution in [2.45, 2.75) is 48.3 Å². The van der Waals surface area contributed by atoms with E-state index in [9.17, 15) is 13.2 Å². The number of carbonyl (C=O) groups is 1. The fraction of sp³-hybridized carbons (Fsp3) is 0.296. The summed E-state index contributed by atoms with van der Waals surface area (Å²) in [6.07, 6.45) is 1.01. The molecule has 0 bridgehead atoms. The summed E-state index contributed by atoms with van der Waals surface area (Å²) in [5.41, 5.74) is 3.37. The monoisotopic (exact) mass is 494 g/mol. The molecule has 0 aromatic heterocycles. The van der Waals surface area contributed by atoms with Crippen LogP contribution < -0.4 is 5.32 Å². The average Bonchev–Trinajstić information content (AvgIpc) is 2.80. The van der Waals surface area contributed by atoms with Crippen LogP contribution in [0.4, 0.5) is 5.69 Å². The van der Waals surface area contributed by atoms with Crippen molar-refractivity contribution in [2.24, 2.45) is 5.92 Å².